The van der Waals surface area contributed by atoms with E-state index in [1.807, 2.05) is 0 Å². The van der Waals surface area contributed by atoms with Gasteiger partial charge in [-0.3, -0.25) is 4.79 Å². The molecule has 2 rings (SSSR count). The first-order valence-electron chi connectivity index (χ1n) is 4.41. The molecule has 0 saturated carbocycles. The number of hydrogen-bond acceptors (Lipinski definition) is 3. The smallest absolute Gasteiger partial charge is 0.203 e. The molecule has 2 nitrogen and oxygen atoms in total. The third-order valence-corrected chi connectivity index (χ3v) is 2.95. The topological polar surface area (TPSA) is 26.3 Å². The maximum atomic E-state index is 13.4. The minimum atomic E-state index is -0.671. The van der Waals surface area contributed by atoms with Crippen LogP contribution in [0.15, 0.2) is 35.4 Å². The van der Waals surface area contributed by atoms with Gasteiger partial charge in [-0.05, 0) is 18.4 Å². The molecule has 1 aromatic carbocycles. The summed E-state index contributed by atoms with van der Waals surface area (Å²) in [5.74, 6) is -0.463. The fourth-order valence-electron chi connectivity index (χ4n) is 1.43. The minimum absolute atomic E-state index is 0.147. The first-order valence-corrected chi connectivity index (χ1v) is 5.64. The predicted molar refractivity (Wildman–Crippen MR) is 56.2 cm³/mol. The number of rotatable bonds is 2. The summed E-state index contributed by atoms with van der Waals surface area (Å²) in [5.41, 5.74) is 0.556. The maximum Gasteiger partial charge on any atom is 0.203 e. The molecule has 0 fully saturated rings. The highest BCUT2D eigenvalue weighted by Crippen LogP contribution is 2.27. The summed E-state index contributed by atoms with van der Waals surface area (Å²) in [4.78, 5) is 11.9. The van der Waals surface area contributed by atoms with Crippen LogP contribution in [0.5, 0.6) is 0 Å². The van der Waals surface area contributed by atoms with E-state index in [0.717, 1.165) is 0 Å². The Morgan fingerprint density at radius 3 is 2.80 bits per heavy atom. The van der Waals surface area contributed by atoms with E-state index in [9.17, 15) is 9.18 Å². The number of ketones is 1. The van der Waals surface area contributed by atoms with Crippen LogP contribution in [0, 0.1) is 5.82 Å². The van der Waals surface area contributed by atoms with Crippen molar-refractivity contribution in [3.05, 3.63) is 41.9 Å². The lowest BCUT2D eigenvalue weighted by Gasteiger charge is -2.10. The van der Waals surface area contributed by atoms with Crippen molar-refractivity contribution in [2.24, 2.45) is 0 Å². The zero-order valence-corrected chi connectivity index (χ0v) is 8.88. The Balaban J connectivity index is 2.30. The first kappa shape index (κ1) is 10.2. The molecule has 0 N–H and O–H groups in total. The molecule has 0 saturated heterocycles. The standard InChI is InChI=1S/C11H9FO2S/c1-15-10-3-2-7(6-8(10)12)11-9(13)4-5-14-11/h2-6,11H,1H3. The number of thioether (sulfide) groups is 1. The fourth-order valence-corrected chi connectivity index (χ4v) is 1.89. The highest BCUT2D eigenvalue weighted by Gasteiger charge is 2.24. The van der Waals surface area contributed by atoms with Gasteiger partial charge in [0.25, 0.3) is 0 Å². The normalized spacial score (nSPS) is 19.3. The van der Waals surface area contributed by atoms with Gasteiger partial charge >= 0.3 is 0 Å². The van der Waals surface area contributed by atoms with Gasteiger partial charge in [-0.2, -0.15) is 0 Å². The van der Waals surface area contributed by atoms with E-state index in [1.165, 1.54) is 30.2 Å². The molecule has 78 valence electrons. The van der Waals surface area contributed by atoms with Gasteiger partial charge < -0.3 is 4.74 Å². The second-order valence-electron chi connectivity index (χ2n) is 3.12. The highest BCUT2D eigenvalue weighted by atomic mass is 32.2. The van der Waals surface area contributed by atoms with Crippen molar-refractivity contribution in [1.82, 2.24) is 0 Å². The predicted octanol–water partition coefficient (Wildman–Crippen LogP) is 2.70. The average Bonchev–Trinajstić information content (AvgIpc) is 2.64. The summed E-state index contributed by atoms with van der Waals surface area (Å²) in [6.45, 7) is 0. The van der Waals surface area contributed by atoms with Crippen LogP contribution in [0.1, 0.15) is 11.7 Å². The van der Waals surface area contributed by atoms with Gasteiger partial charge in [-0.15, -0.1) is 11.8 Å². The first-order chi connectivity index (χ1) is 7.22. The van der Waals surface area contributed by atoms with Gasteiger partial charge in [-0.25, -0.2) is 4.39 Å². The molecule has 15 heavy (non-hydrogen) atoms. The largest absolute Gasteiger partial charge is 0.485 e. The molecule has 1 aromatic rings. The third-order valence-electron chi connectivity index (χ3n) is 2.18. The quantitative estimate of drug-likeness (QED) is 0.722. The maximum absolute atomic E-state index is 13.4. The summed E-state index contributed by atoms with van der Waals surface area (Å²) in [6, 6.07) is 4.72. The lowest BCUT2D eigenvalue weighted by Crippen LogP contribution is -2.06. The number of ether oxygens (including phenoxy) is 1. The molecule has 4 heteroatoms. The molecule has 0 aliphatic carbocycles. The van der Waals surface area contributed by atoms with E-state index in [-0.39, 0.29) is 11.6 Å². The molecule has 1 atom stereocenters. The second kappa shape index (κ2) is 4.06. The molecule has 0 spiro atoms. The van der Waals surface area contributed by atoms with Crippen LogP contribution in [0.4, 0.5) is 4.39 Å². The number of halogens is 1. The van der Waals surface area contributed by atoms with E-state index < -0.39 is 6.10 Å². The van der Waals surface area contributed by atoms with Gasteiger partial charge in [0.05, 0.1) is 6.26 Å². The molecule has 0 radical (unpaired) electrons. The summed E-state index contributed by atoms with van der Waals surface area (Å²) < 4.78 is 18.5. The van der Waals surface area contributed by atoms with Crippen LogP contribution in [0.2, 0.25) is 0 Å². The molecule has 0 amide bonds. The van der Waals surface area contributed by atoms with E-state index in [2.05, 4.69) is 0 Å². The van der Waals surface area contributed by atoms with E-state index in [1.54, 1.807) is 18.4 Å². The number of carbonyl (C=O) groups excluding carboxylic acids is 1. The Bertz CT molecular complexity index is 429. The van der Waals surface area contributed by atoms with Crippen molar-refractivity contribution in [1.29, 1.82) is 0 Å². The van der Waals surface area contributed by atoms with E-state index in [0.29, 0.717) is 10.5 Å². The molecular formula is C11H9FO2S. The van der Waals surface area contributed by atoms with Crippen LogP contribution < -0.4 is 0 Å². The third kappa shape index (κ3) is 1.90. The van der Waals surface area contributed by atoms with Gasteiger partial charge in [0.1, 0.15) is 5.82 Å². The van der Waals surface area contributed by atoms with Gasteiger partial charge in [-0.1, -0.05) is 6.07 Å². The Morgan fingerprint density at radius 1 is 1.47 bits per heavy atom. The molecule has 1 aliphatic rings. The van der Waals surface area contributed by atoms with E-state index in [4.69, 9.17) is 4.74 Å². The lowest BCUT2D eigenvalue weighted by molar-refractivity contribution is -0.120. The van der Waals surface area contributed by atoms with Crippen molar-refractivity contribution >= 4 is 17.5 Å². The Labute approximate surface area is 91.1 Å². The van der Waals surface area contributed by atoms with Gasteiger partial charge in [0, 0.05) is 16.5 Å². The second-order valence-corrected chi connectivity index (χ2v) is 3.96. The molecule has 1 unspecified atom stereocenters. The van der Waals surface area contributed by atoms with Crippen molar-refractivity contribution in [2.75, 3.05) is 6.26 Å². The number of benzene rings is 1. The number of carbonyl (C=O) groups is 1. The van der Waals surface area contributed by atoms with Crippen molar-refractivity contribution < 1.29 is 13.9 Å². The summed E-state index contributed by atoms with van der Waals surface area (Å²) >= 11 is 1.33. The van der Waals surface area contributed by atoms with Crippen LogP contribution in [0.25, 0.3) is 0 Å². The molecule has 1 aliphatic heterocycles. The van der Waals surface area contributed by atoms with Gasteiger partial charge in [0.2, 0.25) is 5.78 Å². The Kier molecular flexibility index (Phi) is 2.77. The summed E-state index contributed by atoms with van der Waals surface area (Å²) in [6.07, 6.45) is 3.82. The van der Waals surface area contributed by atoms with E-state index >= 15 is 0 Å². The van der Waals surface area contributed by atoms with Crippen molar-refractivity contribution in [3.8, 4) is 0 Å². The zero-order valence-electron chi connectivity index (χ0n) is 8.07. The summed E-state index contributed by atoms with van der Waals surface area (Å²) in [7, 11) is 0. The molecule has 0 aromatic heterocycles. The average molecular weight is 224 g/mol. The van der Waals surface area contributed by atoms with Gasteiger partial charge in [0.15, 0.2) is 6.10 Å². The van der Waals surface area contributed by atoms with Crippen LogP contribution in [0.3, 0.4) is 0 Å². The monoisotopic (exact) mass is 224 g/mol. The molecule has 1 heterocycles. The lowest BCUT2D eigenvalue weighted by atomic mass is 10.1. The van der Waals surface area contributed by atoms with Crippen LogP contribution in [-0.2, 0) is 9.53 Å². The van der Waals surface area contributed by atoms with Crippen LogP contribution >= 0.6 is 11.8 Å². The minimum Gasteiger partial charge on any atom is -0.485 e. The fraction of sp³-hybridized carbons (Fsp3) is 0.182. The Hall–Kier alpha value is -1.29. The molecule has 0 bridgehead atoms. The number of hydrogen-bond donors (Lipinski definition) is 0. The SMILES string of the molecule is CSc1ccc(C2OC=CC2=O)cc1F. The summed E-state index contributed by atoms with van der Waals surface area (Å²) in [5, 5.41) is 0. The van der Waals surface area contributed by atoms with Crippen molar-refractivity contribution in [3.63, 3.8) is 0 Å². The zero-order chi connectivity index (χ0) is 10.8. The molecular weight excluding hydrogens is 215 g/mol. The van der Waals surface area contributed by atoms with Crippen LogP contribution in [-0.4, -0.2) is 12.0 Å². The highest BCUT2D eigenvalue weighted by molar-refractivity contribution is 7.98. The Morgan fingerprint density at radius 2 is 2.27 bits per heavy atom. The van der Waals surface area contributed by atoms with Crippen molar-refractivity contribution in [2.45, 2.75) is 11.0 Å².